The van der Waals surface area contributed by atoms with Crippen LogP contribution in [0.25, 0.3) is 21.7 Å². The van der Waals surface area contributed by atoms with Crippen molar-refractivity contribution in [3.63, 3.8) is 0 Å². The third-order valence-electron chi connectivity index (χ3n) is 8.55. The van der Waals surface area contributed by atoms with Crippen LogP contribution in [0.4, 0.5) is 5.82 Å². The number of hydrogen-bond donors (Lipinski definition) is 2. The molecule has 0 radical (unpaired) electrons. The second-order valence-electron chi connectivity index (χ2n) is 12.9. The summed E-state index contributed by atoms with van der Waals surface area (Å²) in [6.07, 6.45) is 2.26. The molecule has 2 aromatic heterocycles. The summed E-state index contributed by atoms with van der Waals surface area (Å²) in [5.41, 5.74) is 9.48. The fourth-order valence-corrected chi connectivity index (χ4v) is 7.95. The average Bonchev–Trinajstić information content (AvgIpc) is 3.84. The van der Waals surface area contributed by atoms with E-state index >= 15 is 0 Å². The summed E-state index contributed by atoms with van der Waals surface area (Å²) < 4.78 is 5.97. The predicted octanol–water partition coefficient (Wildman–Crippen LogP) is 7.64. The number of nitrogens with two attached hydrogens (primary N) is 1. The van der Waals surface area contributed by atoms with Crippen LogP contribution in [0.15, 0.2) is 58.9 Å². The van der Waals surface area contributed by atoms with Crippen molar-refractivity contribution in [2.75, 3.05) is 31.1 Å². The van der Waals surface area contributed by atoms with Crippen molar-refractivity contribution in [2.24, 2.45) is 11.7 Å². The minimum atomic E-state index is -1.09. The Morgan fingerprint density at radius 2 is 1.68 bits per heavy atom. The molecule has 1 aliphatic rings. The van der Waals surface area contributed by atoms with E-state index in [1.807, 2.05) is 43.5 Å². The third-order valence-corrected chi connectivity index (χ3v) is 10.7. The molecule has 1 saturated heterocycles. The van der Waals surface area contributed by atoms with Crippen LogP contribution in [0, 0.1) is 28.6 Å². The maximum Gasteiger partial charge on any atom is 0.326 e. The first-order valence-corrected chi connectivity index (χ1v) is 19.2. The third kappa shape index (κ3) is 10.2. The zero-order valence-corrected chi connectivity index (χ0v) is 32.8. The largest absolute Gasteiger partial charge is 0.492 e. The summed E-state index contributed by atoms with van der Waals surface area (Å²) >= 11 is 9.00. The molecular formula is C38H41Cl2N7O4S2. The Morgan fingerprint density at radius 1 is 1.04 bits per heavy atom. The molecule has 1 aliphatic heterocycles. The highest BCUT2D eigenvalue weighted by molar-refractivity contribution is 7.98. The summed E-state index contributed by atoms with van der Waals surface area (Å²) in [5, 5.41) is 34.9. The maximum absolute atomic E-state index is 12.9. The number of thioether (sulfide) groups is 1. The molecule has 5 rings (SSSR count). The Balaban J connectivity index is 0.00000627. The van der Waals surface area contributed by atoms with Crippen LogP contribution >= 0.6 is 47.1 Å². The highest BCUT2D eigenvalue weighted by Gasteiger charge is 2.32. The van der Waals surface area contributed by atoms with Crippen LogP contribution in [0.3, 0.4) is 0 Å². The summed E-state index contributed by atoms with van der Waals surface area (Å²) in [6, 6.07) is 17.3. The molecule has 4 aromatic rings. The molecule has 15 heteroatoms. The summed E-state index contributed by atoms with van der Waals surface area (Å²) in [6.45, 7) is 6.94. The molecule has 3 N–H and O–H groups in total. The number of pyridine rings is 1. The predicted molar refractivity (Wildman–Crippen MR) is 212 cm³/mol. The van der Waals surface area contributed by atoms with E-state index in [0.29, 0.717) is 49.6 Å². The molecule has 0 unspecified atom stereocenters. The Hall–Kier alpha value is -4.37. The lowest BCUT2D eigenvalue weighted by molar-refractivity contribution is -0.151. The van der Waals surface area contributed by atoms with Gasteiger partial charge in [-0.25, -0.2) is 14.8 Å². The number of aromatic nitrogens is 2. The molecule has 53 heavy (non-hydrogen) atoms. The average molecular weight is 795 g/mol. The first-order valence-electron chi connectivity index (χ1n) is 17.0. The van der Waals surface area contributed by atoms with Crippen molar-refractivity contribution in [2.45, 2.75) is 62.9 Å². The zero-order chi connectivity index (χ0) is 37.4. The van der Waals surface area contributed by atoms with Gasteiger partial charge < -0.3 is 25.4 Å². The number of rotatable bonds is 15. The van der Waals surface area contributed by atoms with Gasteiger partial charge in [-0.3, -0.25) is 4.79 Å². The van der Waals surface area contributed by atoms with Gasteiger partial charge >= 0.3 is 5.97 Å². The van der Waals surface area contributed by atoms with Crippen LogP contribution in [0.5, 0.6) is 5.75 Å². The lowest BCUT2D eigenvalue weighted by Crippen LogP contribution is -2.52. The van der Waals surface area contributed by atoms with Gasteiger partial charge in [0.1, 0.15) is 52.0 Å². The zero-order valence-electron chi connectivity index (χ0n) is 29.6. The summed E-state index contributed by atoms with van der Waals surface area (Å²) in [4.78, 5) is 38.1. The molecule has 278 valence electrons. The van der Waals surface area contributed by atoms with Crippen molar-refractivity contribution in [1.82, 2.24) is 14.9 Å². The Morgan fingerprint density at radius 3 is 2.26 bits per heavy atom. The second-order valence-corrected chi connectivity index (χ2v) is 15.2. The van der Waals surface area contributed by atoms with Crippen molar-refractivity contribution >= 4 is 64.8 Å². The van der Waals surface area contributed by atoms with Gasteiger partial charge in [0.05, 0.1) is 23.8 Å². The first kappa shape index (κ1) is 41.4. The van der Waals surface area contributed by atoms with E-state index in [9.17, 15) is 25.2 Å². The van der Waals surface area contributed by atoms with Crippen molar-refractivity contribution in [3.8, 4) is 39.6 Å². The number of benzene rings is 2. The number of nitrogens with zero attached hydrogens (tertiary/aromatic N) is 6. The molecule has 0 bridgehead atoms. The van der Waals surface area contributed by atoms with Crippen LogP contribution in [0.2, 0.25) is 5.02 Å². The molecule has 2 aromatic carbocycles. The Kier molecular flexibility index (Phi) is 14.9. The topological polar surface area (TPSA) is 169 Å². The van der Waals surface area contributed by atoms with Gasteiger partial charge in [0.25, 0.3) is 0 Å². The van der Waals surface area contributed by atoms with E-state index < -0.39 is 24.0 Å². The smallest absolute Gasteiger partial charge is 0.326 e. The second kappa shape index (κ2) is 19.1. The quantitative estimate of drug-likeness (QED) is 0.113. The Labute approximate surface area is 329 Å². The SMILES string of the molecule is CC(C)C[C@@H](C(=O)O)N(CCOc1ccc(-c2c(C#N)c(SCc3csc(-c4ccc(Cl)cc4)n3)nc(N3CCCC3)c2C#N)cc1)C(=O)[C@H](C)N.Cl. The number of carboxylic acids is 1. The fourth-order valence-electron chi connectivity index (χ4n) is 6.02. The van der Waals surface area contributed by atoms with Crippen LogP contribution < -0.4 is 15.4 Å². The van der Waals surface area contributed by atoms with Crippen LogP contribution in [-0.2, 0) is 15.3 Å². The first-order chi connectivity index (χ1) is 25.0. The van der Waals surface area contributed by atoms with Gasteiger partial charge in [0.15, 0.2) is 0 Å². The number of carbonyl (C=O) groups excluding carboxylic acids is 1. The van der Waals surface area contributed by atoms with E-state index in [1.54, 1.807) is 24.3 Å². The van der Waals surface area contributed by atoms with E-state index in [0.717, 1.165) is 42.2 Å². The molecule has 0 spiro atoms. The number of nitriles is 2. The van der Waals surface area contributed by atoms with Crippen molar-refractivity contribution in [3.05, 3.63) is 75.8 Å². The number of ether oxygens (including phenoxy) is 1. The number of hydrogen-bond acceptors (Lipinski definition) is 11. The van der Waals surface area contributed by atoms with E-state index in [2.05, 4.69) is 17.0 Å². The molecular weight excluding hydrogens is 754 g/mol. The number of anilines is 1. The molecule has 1 amide bonds. The highest BCUT2D eigenvalue weighted by atomic mass is 35.5. The van der Waals surface area contributed by atoms with Gasteiger partial charge in [0, 0.05) is 40.4 Å². The maximum atomic E-state index is 12.9. The van der Waals surface area contributed by atoms with E-state index in [1.165, 1.54) is 34.9 Å². The molecule has 0 saturated carbocycles. The lowest BCUT2D eigenvalue weighted by atomic mass is 9.96. The molecule has 2 atom stereocenters. The van der Waals surface area contributed by atoms with Crippen molar-refractivity contribution in [1.29, 1.82) is 10.5 Å². The minimum Gasteiger partial charge on any atom is -0.492 e. The molecule has 1 fully saturated rings. The van der Waals surface area contributed by atoms with E-state index in [-0.39, 0.29) is 37.9 Å². The van der Waals surface area contributed by atoms with Gasteiger partial charge in [-0.2, -0.15) is 10.5 Å². The lowest BCUT2D eigenvalue weighted by Gasteiger charge is -2.31. The molecule has 0 aliphatic carbocycles. The van der Waals surface area contributed by atoms with E-state index in [4.69, 9.17) is 32.0 Å². The van der Waals surface area contributed by atoms with Gasteiger partial charge in [0.2, 0.25) is 5.91 Å². The highest BCUT2D eigenvalue weighted by Crippen LogP contribution is 2.40. The van der Waals surface area contributed by atoms with Gasteiger partial charge in [-0.1, -0.05) is 61.5 Å². The van der Waals surface area contributed by atoms with Crippen LogP contribution in [-0.4, -0.2) is 70.2 Å². The van der Waals surface area contributed by atoms with Gasteiger partial charge in [-0.15, -0.1) is 23.7 Å². The minimum absolute atomic E-state index is 0. The molecule has 3 heterocycles. The number of amides is 1. The number of carbonyl (C=O) groups is 2. The Bertz CT molecular complexity index is 1970. The monoisotopic (exact) mass is 793 g/mol. The molecule has 11 nitrogen and oxygen atoms in total. The number of carboxylic acid groups (broad SMARTS) is 1. The summed E-state index contributed by atoms with van der Waals surface area (Å²) in [7, 11) is 0. The summed E-state index contributed by atoms with van der Waals surface area (Å²) in [5.74, 6) is 0.0143. The number of thiazole rings is 1. The van der Waals surface area contributed by atoms with Crippen molar-refractivity contribution < 1.29 is 19.4 Å². The number of halogens is 2. The standard InChI is InChI=1S/C38H40ClN7O4S2.ClH/c1-23(2)18-32(38(48)49)46(37(47)24(3)42)16-17-50-29-12-8-25(9-13-29)33-30(19-40)34(45-14-4-5-15-45)44-36(31(33)20-41)52-22-28-21-51-35(43-28)26-6-10-27(39)11-7-26;/h6-13,21,23-24,32H,4-5,14-18,22,42H2,1-3H3,(H,48,49);1H/t24-,32-;/m0./s1. The number of aliphatic carboxylic acids is 1. The normalized spacial score (nSPS) is 13.5. The van der Waals surface area contributed by atoms with Gasteiger partial charge in [-0.05, 0) is 61.9 Å². The van der Waals surface area contributed by atoms with Crippen LogP contribution in [0.1, 0.15) is 56.9 Å². The fraction of sp³-hybridized carbons (Fsp3) is 0.368.